The van der Waals surface area contributed by atoms with Crippen LogP contribution >= 0.6 is 11.6 Å². The van der Waals surface area contributed by atoms with Crippen LogP contribution < -0.4 is 21.7 Å². The number of hydrogen-bond donors (Lipinski definition) is 7. The van der Waals surface area contributed by atoms with Gasteiger partial charge in [0.2, 0.25) is 5.91 Å². The fourth-order valence-corrected chi connectivity index (χ4v) is 3.21. The van der Waals surface area contributed by atoms with Gasteiger partial charge in [-0.15, -0.1) is 0 Å². The summed E-state index contributed by atoms with van der Waals surface area (Å²) in [5.41, 5.74) is 6.04. The van der Waals surface area contributed by atoms with Crippen molar-refractivity contribution in [2.24, 2.45) is 5.73 Å². The SMILES string of the molecule is N[C@@H](CCC(=O)NC[C@H](NC(=O)c1ccc(C(=O)NCc2cccc(O)c2)cc1Cl)C(=O)O)C(=O)O. The Labute approximate surface area is 210 Å². The molecule has 3 amide bonds. The van der Waals surface area contributed by atoms with Crippen LogP contribution in [0.4, 0.5) is 0 Å². The number of nitrogens with one attached hydrogen (secondary N) is 3. The smallest absolute Gasteiger partial charge is 0.328 e. The molecule has 0 aliphatic rings. The summed E-state index contributed by atoms with van der Waals surface area (Å²) < 4.78 is 0. The molecule has 8 N–H and O–H groups in total. The van der Waals surface area contributed by atoms with Crippen molar-refractivity contribution in [2.75, 3.05) is 6.54 Å². The van der Waals surface area contributed by atoms with E-state index in [2.05, 4.69) is 16.0 Å². The van der Waals surface area contributed by atoms with Crippen molar-refractivity contribution >= 4 is 41.3 Å². The first kappa shape index (κ1) is 28.1. The van der Waals surface area contributed by atoms with Gasteiger partial charge in [0.15, 0.2) is 0 Å². The molecule has 0 unspecified atom stereocenters. The Morgan fingerprint density at radius 2 is 1.67 bits per heavy atom. The topological polar surface area (TPSA) is 208 Å². The number of phenols is 1. The van der Waals surface area contributed by atoms with E-state index in [0.717, 1.165) is 0 Å². The molecule has 2 rings (SSSR count). The molecule has 2 aromatic rings. The van der Waals surface area contributed by atoms with Gasteiger partial charge >= 0.3 is 11.9 Å². The van der Waals surface area contributed by atoms with Gasteiger partial charge in [0.25, 0.3) is 11.8 Å². The van der Waals surface area contributed by atoms with Gasteiger partial charge in [-0.3, -0.25) is 19.2 Å². The molecule has 0 bridgehead atoms. The lowest BCUT2D eigenvalue weighted by Gasteiger charge is -2.16. The summed E-state index contributed by atoms with van der Waals surface area (Å²) in [5, 5.41) is 34.6. The van der Waals surface area contributed by atoms with Gasteiger partial charge in [-0.1, -0.05) is 23.7 Å². The third-order valence-electron chi connectivity index (χ3n) is 4.95. The first-order chi connectivity index (χ1) is 17.0. The number of hydrogen-bond acceptors (Lipinski definition) is 7. The van der Waals surface area contributed by atoms with Crippen molar-refractivity contribution in [1.82, 2.24) is 16.0 Å². The summed E-state index contributed by atoms with van der Waals surface area (Å²) in [6, 6.07) is 7.44. The van der Waals surface area contributed by atoms with Crippen LogP contribution in [0.2, 0.25) is 5.02 Å². The molecule has 0 aliphatic heterocycles. The second kappa shape index (κ2) is 13.1. The van der Waals surface area contributed by atoms with E-state index in [1.807, 2.05) is 0 Å². The van der Waals surface area contributed by atoms with Crippen molar-refractivity contribution in [1.29, 1.82) is 0 Å². The fourth-order valence-electron chi connectivity index (χ4n) is 2.94. The summed E-state index contributed by atoms with van der Waals surface area (Å²) in [6.07, 6.45) is -0.386. The zero-order valence-corrected chi connectivity index (χ0v) is 19.6. The number of phenolic OH excluding ortho intramolecular Hbond substituents is 1. The number of carboxylic acid groups (broad SMARTS) is 2. The van der Waals surface area contributed by atoms with Crippen molar-refractivity contribution in [3.63, 3.8) is 0 Å². The Bertz CT molecular complexity index is 1160. The molecule has 0 saturated carbocycles. The zero-order chi connectivity index (χ0) is 26.8. The van der Waals surface area contributed by atoms with Crippen LogP contribution in [0.5, 0.6) is 5.75 Å². The lowest BCUT2D eigenvalue weighted by atomic mass is 10.1. The van der Waals surface area contributed by atoms with Gasteiger partial charge < -0.3 is 37.0 Å². The zero-order valence-electron chi connectivity index (χ0n) is 18.9. The lowest BCUT2D eigenvalue weighted by molar-refractivity contribution is -0.139. The van der Waals surface area contributed by atoms with E-state index in [-0.39, 0.29) is 41.3 Å². The molecule has 2 aromatic carbocycles. The molecule has 12 nitrogen and oxygen atoms in total. The maximum absolute atomic E-state index is 12.6. The van der Waals surface area contributed by atoms with E-state index in [4.69, 9.17) is 22.4 Å². The number of rotatable bonds is 12. The van der Waals surface area contributed by atoms with Crippen LogP contribution in [0.1, 0.15) is 39.1 Å². The molecule has 0 fully saturated rings. The Morgan fingerprint density at radius 3 is 2.28 bits per heavy atom. The summed E-state index contributed by atoms with van der Waals surface area (Å²) in [7, 11) is 0. The standard InChI is InChI=1S/C23H25ClN4O8/c24-16-9-13(20(31)27-10-12-2-1-3-14(29)8-12)4-5-15(16)21(32)28-18(23(35)36)11-26-19(30)7-6-17(25)22(33)34/h1-5,8-9,17-18,29H,6-7,10-11,25H2,(H,26,30)(H,27,31)(H,28,32)(H,33,34)(H,35,36)/t17-,18-/m0/s1. The molecule has 36 heavy (non-hydrogen) atoms. The van der Waals surface area contributed by atoms with E-state index < -0.39 is 48.3 Å². The van der Waals surface area contributed by atoms with E-state index >= 15 is 0 Å². The minimum absolute atomic E-state index is 0.0572. The molecule has 13 heteroatoms. The van der Waals surface area contributed by atoms with Gasteiger partial charge in [-0.05, 0) is 42.3 Å². The fraction of sp³-hybridized carbons (Fsp3) is 0.261. The second-order valence-electron chi connectivity index (χ2n) is 7.70. The molecular weight excluding hydrogens is 496 g/mol. The van der Waals surface area contributed by atoms with Crippen LogP contribution in [-0.4, -0.2) is 63.6 Å². The number of carbonyl (C=O) groups is 5. The molecule has 0 saturated heterocycles. The predicted molar refractivity (Wildman–Crippen MR) is 127 cm³/mol. The molecular formula is C23H25ClN4O8. The molecule has 2 atom stereocenters. The van der Waals surface area contributed by atoms with Gasteiger partial charge in [0.05, 0.1) is 10.6 Å². The highest BCUT2D eigenvalue weighted by atomic mass is 35.5. The Kier molecular flexibility index (Phi) is 10.2. The van der Waals surface area contributed by atoms with Crippen molar-refractivity contribution in [2.45, 2.75) is 31.5 Å². The minimum Gasteiger partial charge on any atom is -0.508 e. The highest BCUT2D eigenvalue weighted by Gasteiger charge is 2.23. The summed E-state index contributed by atoms with van der Waals surface area (Å²) in [4.78, 5) is 59.0. The van der Waals surface area contributed by atoms with Crippen molar-refractivity contribution in [3.05, 3.63) is 64.2 Å². The number of nitrogens with two attached hydrogens (primary N) is 1. The number of amides is 3. The monoisotopic (exact) mass is 520 g/mol. The third-order valence-corrected chi connectivity index (χ3v) is 5.26. The number of benzene rings is 2. The van der Waals surface area contributed by atoms with Crippen LogP contribution in [0.25, 0.3) is 0 Å². The minimum atomic E-state index is -1.50. The first-order valence-electron chi connectivity index (χ1n) is 10.6. The summed E-state index contributed by atoms with van der Waals surface area (Å²) >= 11 is 6.14. The molecule has 0 aromatic heterocycles. The molecule has 192 valence electrons. The van der Waals surface area contributed by atoms with Crippen molar-refractivity contribution in [3.8, 4) is 5.75 Å². The van der Waals surface area contributed by atoms with Crippen LogP contribution in [0.3, 0.4) is 0 Å². The quantitative estimate of drug-likeness (QED) is 0.207. The van der Waals surface area contributed by atoms with E-state index in [0.29, 0.717) is 5.56 Å². The Balaban J connectivity index is 1.95. The average molecular weight is 521 g/mol. The summed E-state index contributed by atoms with van der Waals surface area (Å²) in [6.45, 7) is -0.323. The van der Waals surface area contributed by atoms with Crippen molar-refractivity contribution < 1.29 is 39.3 Å². The maximum Gasteiger partial charge on any atom is 0.328 e. The number of carboxylic acids is 2. The third kappa shape index (κ3) is 8.56. The van der Waals surface area contributed by atoms with Gasteiger partial charge in [-0.25, -0.2) is 4.79 Å². The normalized spacial score (nSPS) is 12.2. The predicted octanol–water partition coefficient (Wildman–Crippen LogP) is 0.467. The van der Waals surface area contributed by atoms with Crippen LogP contribution in [-0.2, 0) is 20.9 Å². The van der Waals surface area contributed by atoms with Gasteiger partial charge in [0.1, 0.15) is 17.8 Å². The Morgan fingerprint density at radius 1 is 0.944 bits per heavy atom. The van der Waals surface area contributed by atoms with E-state index in [1.165, 1.54) is 30.3 Å². The highest BCUT2D eigenvalue weighted by Crippen LogP contribution is 2.19. The molecule has 0 aliphatic carbocycles. The number of aliphatic carboxylic acids is 2. The molecule has 0 heterocycles. The molecule has 0 radical (unpaired) electrons. The Hall–Kier alpha value is -4.16. The highest BCUT2D eigenvalue weighted by molar-refractivity contribution is 6.34. The summed E-state index contributed by atoms with van der Waals surface area (Å²) in [5.74, 6) is -4.60. The lowest BCUT2D eigenvalue weighted by Crippen LogP contribution is -2.48. The van der Waals surface area contributed by atoms with E-state index in [1.54, 1.807) is 12.1 Å². The first-order valence-corrected chi connectivity index (χ1v) is 11.0. The second-order valence-corrected chi connectivity index (χ2v) is 8.11. The largest absolute Gasteiger partial charge is 0.508 e. The average Bonchev–Trinajstić information content (AvgIpc) is 2.82. The number of aromatic hydroxyl groups is 1. The van der Waals surface area contributed by atoms with Gasteiger partial charge in [-0.2, -0.15) is 0 Å². The van der Waals surface area contributed by atoms with Gasteiger partial charge in [0, 0.05) is 25.1 Å². The molecule has 0 spiro atoms. The maximum atomic E-state index is 12.6. The van der Waals surface area contributed by atoms with E-state index in [9.17, 15) is 34.2 Å². The van der Waals surface area contributed by atoms with Crippen LogP contribution in [0.15, 0.2) is 42.5 Å². The van der Waals surface area contributed by atoms with Crippen LogP contribution in [0, 0.1) is 0 Å². The number of carbonyl (C=O) groups excluding carboxylic acids is 3. The number of halogens is 1.